The third-order valence-electron chi connectivity index (χ3n) is 7.96. The molecule has 1 aliphatic heterocycles. The van der Waals surface area contributed by atoms with Crippen LogP contribution in [-0.4, -0.2) is 58.5 Å². The molecule has 9 nitrogen and oxygen atoms in total. The number of nitrogens with zero attached hydrogens (tertiary/aromatic N) is 2. The Balaban J connectivity index is 1.86. The summed E-state index contributed by atoms with van der Waals surface area (Å²) in [6.07, 6.45) is 3.57. The molecule has 1 amide bonds. The third kappa shape index (κ3) is 6.45. The number of hydrogen-bond donors (Lipinski definition) is 2. The molecular weight excluding hydrogens is 522 g/mol. The van der Waals surface area contributed by atoms with Gasteiger partial charge in [-0.2, -0.15) is 0 Å². The van der Waals surface area contributed by atoms with Crippen LogP contribution >= 0.6 is 0 Å². The molecule has 4 atom stereocenters. The van der Waals surface area contributed by atoms with E-state index in [9.17, 15) is 14.7 Å². The van der Waals surface area contributed by atoms with Crippen molar-refractivity contribution in [3.05, 3.63) is 52.7 Å². The Labute approximate surface area is 243 Å². The molecule has 224 valence electrons. The van der Waals surface area contributed by atoms with E-state index in [0.717, 1.165) is 30.6 Å². The van der Waals surface area contributed by atoms with Crippen LogP contribution in [0, 0.1) is 11.3 Å². The molecule has 1 aliphatic carbocycles. The first-order chi connectivity index (χ1) is 19.3. The van der Waals surface area contributed by atoms with Crippen LogP contribution in [0.3, 0.4) is 0 Å². The zero-order chi connectivity index (χ0) is 30.1. The second kappa shape index (κ2) is 12.3. The number of carbonyl (C=O) groups is 2. The number of hydrogen-bond acceptors (Lipinski definition) is 7. The summed E-state index contributed by atoms with van der Waals surface area (Å²) in [5.74, 6) is -0.381. The number of carbonyl (C=O) groups excluding carboxylic acids is 1. The number of likely N-dealkylation sites (tertiary alicyclic amines) is 1. The summed E-state index contributed by atoms with van der Waals surface area (Å²) in [6.45, 7) is 13.8. The lowest BCUT2D eigenvalue weighted by molar-refractivity contribution is -0.144. The van der Waals surface area contributed by atoms with Crippen molar-refractivity contribution in [3.8, 4) is 11.6 Å². The van der Waals surface area contributed by atoms with Crippen LogP contribution in [0.1, 0.15) is 83.2 Å². The molecule has 41 heavy (non-hydrogen) atoms. The maximum absolute atomic E-state index is 13.7. The summed E-state index contributed by atoms with van der Waals surface area (Å²) in [6, 6.07) is 5.64. The summed E-state index contributed by atoms with van der Waals surface area (Å²) >= 11 is 0. The number of carboxylic acids is 1. The van der Waals surface area contributed by atoms with Crippen LogP contribution in [-0.2, 0) is 28.9 Å². The van der Waals surface area contributed by atoms with Crippen molar-refractivity contribution < 1.29 is 28.9 Å². The van der Waals surface area contributed by atoms with Gasteiger partial charge in [0.25, 0.3) is 0 Å². The zero-order valence-electron chi connectivity index (χ0n) is 25.6. The lowest BCUT2D eigenvalue weighted by Crippen LogP contribution is -2.48. The molecule has 1 aromatic heterocycles. The summed E-state index contributed by atoms with van der Waals surface area (Å²) in [5.41, 5.74) is 3.78. The number of fused-ring (bicyclic) bond motifs is 1. The van der Waals surface area contributed by atoms with Crippen molar-refractivity contribution in [2.45, 2.75) is 105 Å². The number of carboxylic acid groups (broad SMARTS) is 1. The van der Waals surface area contributed by atoms with Crippen LogP contribution in [0.15, 0.2) is 30.5 Å². The molecule has 0 bridgehead atoms. The Hall–Kier alpha value is -3.33. The van der Waals surface area contributed by atoms with Gasteiger partial charge >= 0.3 is 12.1 Å². The Morgan fingerprint density at radius 2 is 1.80 bits per heavy atom. The van der Waals surface area contributed by atoms with Crippen molar-refractivity contribution in [3.63, 3.8) is 0 Å². The van der Waals surface area contributed by atoms with Gasteiger partial charge in [0.2, 0.25) is 5.88 Å². The fourth-order valence-corrected chi connectivity index (χ4v) is 6.43. The number of aliphatic carboxylic acids is 1. The number of amides is 1. The number of rotatable bonds is 9. The summed E-state index contributed by atoms with van der Waals surface area (Å²) in [4.78, 5) is 32.6. The van der Waals surface area contributed by atoms with E-state index in [2.05, 4.69) is 22.4 Å². The largest absolute Gasteiger partial charge is 0.496 e. The second-order valence-corrected chi connectivity index (χ2v) is 12.7. The highest BCUT2D eigenvalue weighted by atomic mass is 16.6. The first-order valence-electron chi connectivity index (χ1n) is 14.6. The van der Waals surface area contributed by atoms with Gasteiger partial charge in [0.1, 0.15) is 11.8 Å². The molecular formula is C32H45N3O6. The highest BCUT2D eigenvalue weighted by Crippen LogP contribution is 2.50. The summed E-state index contributed by atoms with van der Waals surface area (Å²) in [5, 5.41) is 14.3. The Bertz CT molecular complexity index is 1250. The minimum atomic E-state index is -1.14. The van der Waals surface area contributed by atoms with Crippen molar-refractivity contribution in [1.29, 1.82) is 0 Å². The Morgan fingerprint density at radius 1 is 1.12 bits per heavy atom. The van der Waals surface area contributed by atoms with E-state index in [4.69, 9.17) is 14.2 Å². The van der Waals surface area contributed by atoms with Crippen LogP contribution in [0.5, 0.6) is 11.6 Å². The lowest BCUT2D eigenvalue weighted by atomic mass is 9.72. The van der Waals surface area contributed by atoms with Gasteiger partial charge < -0.3 is 24.6 Å². The number of ether oxygens (including phenoxy) is 3. The van der Waals surface area contributed by atoms with Gasteiger partial charge in [0, 0.05) is 35.8 Å². The van der Waals surface area contributed by atoms with E-state index in [0.29, 0.717) is 18.0 Å². The maximum atomic E-state index is 13.7. The van der Waals surface area contributed by atoms with Crippen LogP contribution in [0.25, 0.3) is 0 Å². The van der Waals surface area contributed by atoms with Gasteiger partial charge in [-0.3, -0.25) is 4.90 Å². The number of benzene rings is 1. The van der Waals surface area contributed by atoms with Gasteiger partial charge in [-0.1, -0.05) is 26.8 Å². The Kier molecular flexibility index (Phi) is 9.16. The van der Waals surface area contributed by atoms with E-state index in [1.807, 2.05) is 40.7 Å². The lowest BCUT2D eigenvalue weighted by Gasteiger charge is -2.35. The molecule has 4 rings (SSSR count). The van der Waals surface area contributed by atoms with E-state index in [1.54, 1.807) is 33.2 Å². The zero-order valence-corrected chi connectivity index (χ0v) is 25.6. The standard InChI is InChI=1S/C32H45N3O6/c1-18(2)40-29-23(13-10-14-33-29)27-26(34-17-22-15-20-11-9-12-21(20)16-24(22)39-8)25(32(5,6)7)28(30(36)37)35(27)31(38)41-19(3)4/h10,13-16,18-19,25-28,34H,9,11-12,17H2,1-8H3,(H,36,37)/t25-,26-,27-,28-/m0/s1. The summed E-state index contributed by atoms with van der Waals surface area (Å²) in [7, 11) is 1.67. The van der Waals surface area contributed by atoms with Gasteiger partial charge in [-0.25, -0.2) is 14.6 Å². The average molecular weight is 568 g/mol. The normalized spacial score (nSPS) is 22.2. The average Bonchev–Trinajstić information content (AvgIpc) is 3.48. The van der Waals surface area contributed by atoms with Crippen molar-refractivity contribution in [1.82, 2.24) is 15.2 Å². The highest BCUT2D eigenvalue weighted by molar-refractivity contribution is 5.82. The topological polar surface area (TPSA) is 110 Å². The number of aromatic nitrogens is 1. The molecule has 0 saturated carbocycles. The van der Waals surface area contributed by atoms with Gasteiger partial charge in [0.05, 0.1) is 25.4 Å². The van der Waals surface area contributed by atoms with Gasteiger partial charge in [-0.15, -0.1) is 0 Å². The molecule has 2 aromatic rings. The smallest absolute Gasteiger partial charge is 0.411 e. The minimum absolute atomic E-state index is 0.170. The number of pyridine rings is 1. The van der Waals surface area contributed by atoms with E-state index < -0.39 is 47.6 Å². The summed E-state index contributed by atoms with van der Waals surface area (Å²) < 4.78 is 17.5. The minimum Gasteiger partial charge on any atom is -0.496 e. The van der Waals surface area contributed by atoms with E-state index >= 15 is 0 Å². The first kappa shape index (κ1) is 30.6. The fourth-order valence-electron chi connectivity index (χ4n) is 6.43. The first-order valence-corrected chi connectivity index (χ1v) is 14.6. The molecule has 2 heterocycles. The van der Waals surface area contributed by atoms with Gasteiger partial charge in [0.15, 0.2) is 0 Å². The predicted octanol–water partition coefficient (Wildman–Crippen LogP) is 5.54. The number of nitrogens with one attached hydrogen (secondary N) is 1. The fraction of sp³-hybridized carbons (Fsp3) is 0.594. The maximum Gasteiger partial charge on any atom is 0.411 e. The highest BCUT2D eigenvalue weighted by Gasteiger charge is 2.59. The number of methoxy groups -OCH3 is 1. The van der Waals surface area contributed by atoms with E-state index in [1.165, 1.54) is 16.0 Å². The van der Waals surface area contributed by atoms with Crippen molar-refractivity contribution in [2.24, 2.45) is 11.3 Å². The SMILES string of the molecule is COc1cc2c(cc1CN[C@H]1[C@H](C(C)(C)C)[C@@H](C(=O)O)N(C(=O)OC(C)C)[C@H]1c1cccnc1OC(C)C)CCC2. The Morgan fingerprint density at radius 3 is 2.39 bits per heavy atom. The van der Waals surface area contributed by atoms with Crippen molar-refractivity contribution in [2.75, 3.05) is 7.11 Å². The molecule has 2 N–H and O–H groups in total. The molecule has 0 radical (unpaired) electrons. The number of aryl methyl sites for hydroxylation is 2. The third-order valence-corrected chi connectivity index (χ3v) is 7.96. The van der Waals surface area contributed by atoms with Crippen LogP contribution < -0.4 is 14.8 Å². The molecule has 2 aliphatic rings. The molecule has 9 heteroatoms. The van der Waals surface area contributed by atoms with Crippen molar-refractivity contribution >= 4 is 12.1 Å². The molecule has 1 aromatic carbocycles. The van der Waals surface area contributed by atoms with Crippen LogP contribution in [0.4, 0.5) is 4.79 Å². The quantitative estimate of drug-likeness (QED) is 0.406. The second-order valence-electron chi connectivity index (χ2n) is 12.7. The van der Waals surface area contributed by atoms with E-state index in [-0.39, 0.29) is 6.10 Å². The molecule has 0 unspecified atom stereocenters. The van der Waals surface area contributed by atoms with Crippen LogP contribution in [0.2, 0.25) is 0 Å². The predicted molar refractivity (Wildman–Crippen MR) is 156 cm³/mol. The monoisotopic (exact) mass is 567 g/mol. The van der Waals surface area contributed by atoms with Gasteiger partial charge in [-0.05, 0) is 81.7 Å². The molecule has 1 saturated heterocycles. The molecule has 0 spiro atoms. The molecule has 1 fully saturated rings.